The molecule has 23 aliphatic rings. The number of hydrogen-bond donors (Lipinski definition) is 0. The molecule has 11 aromatic rings. The Balaban J connectivity index is 0.923. The minimum Gasteiger partial charge on any atom is -0.112 e. The average molecular weight is 1000 g/mol. The molecular formula is C77H46S. The summed E-state index contributed by atoms with van der Waals surface area (Å²) in [5.41, 5.74) is 50.3. The standard InChI is InChI=1S/C77H46S/c1-5-7-8-13(6-2)9-14-10-16-17(11-15(14)12(3)4)78-77-74-68-62-52-40-32-24-20-18-19-22-26(24)34(40)44-38-30(22)31-23(19)27-25-21(18)29-28(20)36-42(32)50-56-46(36)47-37(29)43-33(25)41-35(27)45-39(31)49-48(38)60(54(44)62)70(74)71-61(49)55(45)63-53(41)59-51(43)57(47)65-64(56)72(66(68)58(50)52)76(16,77)73(65)67(59)69(63)75(71)77/h10-13,20,22,24,26,28,30,36,38,46-49,57,61,65,67,69,71,73,75H,5-9H2,1-4H3. The van der Waals surface area contributed by atoms with Gasteiger partial charge in [-0.15, -0.1) is 11.8 Å². The van der Waals surface area contributed by atoms with Gasteiger partial charge in [0.25, 0.3) is 0 Å². The zero-order chi connectivity index (χ0) is 47.6. The van der Waals surface area contributed by atoms with Gasteiger partial charge in [-0.3, -0.25) is 0 Å². The Bertz CT molecular complexity index is 5700. The fourth-order valence-electron chi connectivity index (χ4n) is 33.9. The minimum atomic E-state index is 0.00986. The largest absolute Gasteiger partial charge is 0.112 e. The van der Waals surface area contributed by atoms with Crippen LogP contribution < -0.4 is 0 Å². The van der Waals surface area contributed by atoms with E-state index in [2.05, 4.69) is 96.1 Å². The van der Waals surface area contributed by atoms with Crippen molar-refractivity contribution in [2.24, 2.45) is 17.8 Å². The molecule has 34 rings (SSSR count). The first-order valence-corrected chi connectivity index (χ1v) is 33.5. The van der Waals surface area contributed by atoms with Gasteiger partial charge >= 0.3 is 0 Å². The van der Waals surface area contributed by atoms with Crippen LogP contribution >= 0.6 is 11.8 Å². The van der Waals surface area contributed by atoms with Crippen LogP contribution in [0.15, 0.2) is 17.0 Å². The molecule has 78 heavy (non-hydrogen) atoms. The summed E-state index contributed by atoms with van der Waals surface area (Å²) in [6, 6.07) is 6.11. The Morgan fingerprint density at radius 3 is 1.21 bits per heavy atom. The van der Waals surface area contributed by atoms with E-state index in [9.17, 15) is 0 Å². The topological polar surface area (TPSA) is 0 Å². The highest BCUT2D eigenvalue weighted by Gasteiger charge is 2.89. The molecule has 11 aromatic carbocycles. The summed E-state index contributed by atoms with van der Waals surface area (Å²) >= 11 is 2.64. The van der Waals surface area contributed by atoms with Crippen LogP contribution in [0.2, 0.25) is 0 Å². The van der Waals surface area contributed by atoms with Gasteiger partial charge in [0.15, 0.2) is 0 Å². The van der Waals surface area contributed by atoms with Crippen LogP contribution in [0.3, 0.4) is 0 Å². The SMILES string of the molecule is CCCCC(CC)Cc1cc2c(cc1C(C)C)SC13c4c5c6c7c8c9c%10c%11c%12c%13c%14c%15c(c%16c%13c%10c7c4-%16)C21C1C%15C2c4c7c%10c%13c%15c%16c%17c%18c%19c%20c%21c%22c%23c(c4c4c%22c%19c%16c%104)C2C%14C%12C%23C%21C%11C9C%20C%18C8C6C%17C%15C5C3C%13C71. The molecule has 1 saturated carbocycles. The third kappa shape index (κ3) is 2.05. The molecule has 0 amide bonds. The molecule has 0 bridgehead atoms. The van der Waals surface area contributed by atoms with Crippen molar-refractivity contribution < 1.29 is 0 Å². The van der Waals surface area contributed by atoms with Gasteiger partial charge < -0.3 is 0 Å². The molecule has 2 spiro atoms. The number of hydrogen-bond acceptors (Lipinski definition) is 1. The van der Waals surface area contributed by atoms with Crippen molar-refractivity contribution in [1.29, 1.82) is 0 Å². The molecule has 23 unspecified atom stereocenters. The van der Waals surface area contributed by atoms with Crippen molar-refractivity contribution >= 4 is 97.9 Å². The summed E-state index contributed by atoms with van der Waals surface area (Å²) in [5, 5.41) is 30.9. The van der Waals surface area contributed by atoms with Crippen molar-refractivity contribution in [1.82, 2.24) is 0 Å². The summed E-state index contributed by atoms with van der Waals surface area (Å²) in [7, 11) is 0. The Hall–Kier alpha value is -5.37. The highest BCUT2D eigenvalue weighted by atomic mass is 32.2. The molecule has 0 radical (unpaired) electrons. The van der Waals surface area contributed by atoms with Gasteiger partial charge in [-0.25, -0.2) is 0 Å². The summed E-state index contributed by atoms with van der Waals surface area (Å²) in [5.74, 6) is 14.6. The Morgan fingerprint density at radius 2 is 0.756 bits per heavy atom. The first-order chi connectivity index (χ1) is 38.6. The second-order valence-electron chi connectivity index (χ2n) is 32.9. The van der Waals surface area contributed by atoms with E-state index >= 15 is 0 Å². The van der Waals surface area contributed by atoms with Crippen LogP contribution in [-0.2, 0) is 16.6 Å². The van der Waals surface area contributed by atoms with E-state index in [1.54, 1.807) is 16.0 Å². The van der Waals surface area contributed by atoms with E-state index in [-0.39, 0.29) is 10.2 Å². The molecule has 0 nitrogen and oxygen atoms in total. The summed E-state index contributed by atoms with van der Waals surface area (Å²) in [4.78, 5) is 1.78. The average Bonchev–Trinajstić information content (AvgIpc) is 2.28. The fraction of sp³-hybridized carbons (Fsp3) is 0.429. The number of unbranched alkanes of at least 4 members (excludes halogenated alkanes) is 1. The second-order valence-corrected chi connectivity index (χ2v) is 34.2. The molecule has 1 fully saturated rings. The van der Waals surface area contributed by atoms with Crippen molar-refractivity contribution in [3.05, 3.63) is 140 Å². The van der Waals surface area contributed by atoms with Crippen LogP contribution in [0.25, 0.3) is 97.3 Å². The lowest BCUT2D eigenvalue weighted by molar-refractivity contribution is 0.0341. The van der Waals surface area contributed by atoms with Gasteiger partial charge in [-0.05, 0) is 368 Å². The fourth-order valence-corrected chi connectivity index (χ4v) is 36.0. The van der Waals surface area contributed by atoms with Crippen LogP contribution in [0.5, 0.6) is 0 Å². The molecule has 0 aromatic heterocycles. The van der Waals surface area contributed by atoms with Crippen LogP contribution in [-0.4, -0.2) is 0 Å². The number of thioether (sulfide) groups is 1. The normalized spacial score (nSPS) is 44.8. The van der Waals surface area contributed by atoms with E-state index in [1.807, 2.05) is 170 Å². The van der Waals surface area contributed by atoms with Gasteiger partial charge in [0.1, 0.15) is 0 Å². The summed E-state index contributed by atoms with van der Waals surface area (Å²) < 4.78 is 0.0438. The quantitative estimate of drug-likeness (QED) is 0.143. The van der Waals surface area contributed by atoms with Crippen molar-refractivity contribution in [3.63, 3.8) is 0 Å². The molecule has 1 heterocycles. The van der Waals surface area contributed by atoms with E-state index in [0.29, 0.717) is 124 Å². The maximum absolute atomic E-state index is 3.13. The molecule has 22 aliphatic carbocycles. The number of rotatable bonds is 7. The Kier molecular flexibility index (Phi) is 3.65. The second kappa shape index (κ2) is 8.37. The maximum atomic E-state index is 3.13. The van der Waals surface area contributed by atoms with Crippen LogP contribution in [0.1, 0.15) is 294 Å². The van der Waals surface area contributed by atoms with Gasteiger partial charge in [0, 0.05) is 10.3 Å². The van der Waals surface area contributed by atoms with Crippen molar-refractivity contribution in [3.8, 4) is 11.1 Å². The maximum Gasteiger partial charge on any atom is 0.0645 e. The first-order valence-electron chi connectivity index (χ1n) is 32.7. The lowest BCUT2D eigenvalue weighted by atomic mass is 9.39. The third-order valence-electron chi connectivity index (χ3n) is 33.1. The monoisotopic (exact) mass is 1000 g/mol. The van der Waals surface area contributed by atoms with Gasteiger partial charge in [-0.2, -0.15) is 0 Å². The first kappa shape index (κ1) is 34.0. The summed E-state index contributed by atoms with van der Waals surface area (Å²) in [6.07, 6.45) is 6.67. The predicted octanol–water partition coefficient (Wildman–Crippen LogP) is 18.4. The van der Waals surface area contributed by atoms with E-state index in [0.717, 1.165) is 5.92 Å². The summed E-state index contributed by atoms with van der Waals surface area (Å²) in [6.45, 7) is 10.1. The Labute approximate surface area is 451 Å². The molecule has 0 saturated heterocycles. The molecule has 23 atom stereocenters. The van der Waals surface area contributed by atoms with Gasteiger partial charge in [-0.1, -0.05) is 59.4 Å². The van der Waals surface area contributed by atoms with Crippen molar-refractivity contribution in [2.45, 2.75) is 187 Å². The smallest absolute Gasteiger partial charge is 0.0645 e. The zero-order valence-electron chi connectivity index (χ0n) is 43.8. The molecule has 1 aliphatic heterocycles. The number of fused-ring (bicyclic) bond motifs is 1. The van der Waals surface area contributed by atoms with Crippen LogP contribution in [0.4, 0.5) is 0 Å². The van der Waals surface area contributed by atoms with Crippen molar-refractivity contribution in [2.75, 3.05) is 0 Å². The third-order valence-corrected chi connectivity index (χ3v) is 34.8. The highest BCUT2D eigenvalue weighted by Crippen LogP contribution is 3.01. The number of benzene rings is 10. The van der Waals surface area contributed by atoms with E-state index in [4.69, 9.17) is 0 Å². The van der Waals surface area contributed by atoms with Gasteiger partial charge in [0.05, 0.1) is 4.75 Å². The predicted molar refractivity (Wildman–Crippen MR) is 308 cm³/mol. The van der Waals surface area contributed by atoms with E-state index in [1.165, 1.54) is 32.1 Å². The molecule has 1 heteroatoms. The lowest BCUT2D eigenvalue weighted by Gasteiger charge is -2.65. The minimum absolute atomic E-state index is 0.00986. The van der Waals surface area contributed by atoms with Gasteiger partial charge in [0.2, 0.25) is 0 Å². The Morgan fingerprint density at radius 1 is 0.397 bits per heavy atom. The lowest BCUT2D eigenvalue weighted by Crippen LogP contribution is -2.62. The van der Waals surface area contributed by atoms with Crippen LogP contribution in [0, 0.1) is 17.8 Å². The molecular weight excluding hydrogens is 957 g/mol. The highest BCUT2D eigenvalue weighted by molar-refractivity contribution is 8.00. The zero-order valence-corrected chi connectivity index (χ0v) is 44.6. The molecule has 360 valence electrons. The molecule has 0 N–H and O–H groups in total. The van der Waals surface area contributed by atoms with E-state index < -0.39 is 0 Å².